The molecule has 0 fully saturated rings. The minimum absolute atomic E-state index is 0.0896. The normalized spacial score (nSPS) is 12.8. The van der Waals surface area contributed by atoms with Gasteiger partial charge in [0.2, 0.25) is 0 Å². The molecule has 0 aliphatic carbocycles. The average molecular weight is 733 g/mol. The lowest BCUT2D eigenvalue weighted by atomic mass is 9.34. The van der Waals surface area contributed by atoms with E-state index in [4.69, 9.17) is 11.0 Å². The maximum absolute atomic E-state index is 10.2. The van der Waals surface area contributed by atoms with E-state index in [9.17, 15) is 5.26 Å². The molecule has 5 heterocycles. The molecular formula is C52H25BN4O. The smallest absolute Gasteiger partial charge is 0.252 e. The lowest BCUT2D eigenvalue weighted by Crippen LogP contribution is -2.59. The number of aromatic nitrogens is 2. The van der Waals surface area contributed by atoms with Crippen molar-refractivity contribution in [3.05, 3.63) is 169 Å². The molecule has 0 saturated carbocycles. The number of para-hydroxylation sites is 1. The van der Waals surface area contributed by atoms with Gasteiger partial charge >= 0.3 is 0 Å². The minimum atomic E-state index is -0.0896. The minimum Gasteiger partial charge on any atom is -0.456 e. The molecule has 2 aliphatic heterocycles. The number of nitriles is 1. The zero-order valence-electron chi connectivity index (χ0n) is 30.7. The number of benzene rings is 9. The highest BCUT2D eigenvalue weighted by atomic mass is 16.3. The Bertz CT molecular complexity index is 3820. The van der Waals surface area contributed by atoms with E-state index in [-0.39, 0.29) is 6.71 Å². The number of fused-ring (bicyclic) bond motifs is 17. The van der Waals surface area contributed by atoms with Crippen LogP contribution in [0.25, 0.3) is 114 Å². The van der Waals surface area contributed by atoms with E-state index in [1.807, 2.05) is 24.3 Å². The first kappa shape index (κ1) is 30.2. The molecule has 5 nitrogen and oxygen atoms in total. The molecule has 2 aliphatic rings. The van der Waals surface area contributed by atoms with Crippen molar-refractivity contribution in [3.8, 4) is 28.6 Å². The summed E-state index contributed by atoms with van der Waals surface area (Å²) in [6.07, 6.45) is 0. The number of hydrogen-bond acceptors (Lipinski definition) is 2. The second-order valence-corrected chi connectivity index (χ2v) is 15.8. The molecule has 0 N–H and O–H groups in total. The van der Waals surface area contributed by atoms with Crippen molar-refractivity contribution in [1.29, 1.82) is 5.26 Å². The van der Waals surface area contributed by atoms with Crippen LogP contribution in [0.5, 0.6) is 0 Å². The van der Waals surface area contributed by atoms with Crippen LogP contribution in [0.2, 0.25) is 0 Å². The summed E-state index contributed by atoms with van der Waals surface area (Å²) in [4.78, 5) is 3.91. The third-order valence-electron chi connectivity index (χ3n) is 13.0. The summed E-state index contributed by atoms with van der Waals surface area (Å²) in [6, 6.07) is 56.5. The molecule has 14 rings (SSSR count). The van der Waals surface area contributed by atoms with Gasteiger partial charge in [-0.2, -0.15) is 5.26 Å². The summed E-state index contributed by atoms with van der Waals surface area (Å²) in [6.45, 7) is 7.92. The molecule has 6 heteroatoms. The average Bonchev–Trinajstić information content (AvgIpc) is 3.95. The van der Waals surface area contributed by atoms with Crippen LogP contribution in [-0.2, 0) is 0 Å². The lowest BCUT2D eigenvalue weighted by molar-refractivity contribution is 0.669. The largest absolute Gasteiger partial charge is 0.456 e. The fourth-order valence-corrected chi connectivity index (χ4v) is 10.9. The molecule has 0 unspecified atom stereocenters. The topological polar surface area (TPSA) is 51.1 Å². The lowest BCUT2D eigenvalue weighted by Gasteiger charge is -2.34. The van der Waals surface area contributed by atoms with Gasteiger partial charge in [-0.25, -0.2) is 4.85 Å². The highest BCUT2D eigenvalue weighted by Crippen LogP contribution is 2.46. The zero-order chi connectivity index (χ0) is 38.0. The molecule has 0 spiro atoms. The first-order valence-corrected chi connectivity index (χ1v) is 19.5. The summed E-state index contributed by atoms with van der Waals surface area (Å²) < 4.78 is 11.4. The molecule has 0 radical (unpaired) electrons. The van der Waals surface area contributed by atoms with E-state index in [1.165, 1.54) is 59.7 Å². The predicted octanol–water partition coefficient (Wildman–Crippen LogP) is 11.3. The van der Waals surface area contributed by atoms with Gasteiger partial charge in [-0.15, -0.1) is 0 Å². The van der Waals surface area contributed by atoms with Gasteiger partial charge in [0.1, 0.15) is 11.2 Å². The molecular weight excluding hydrogens is 707 g/mol. The second-order valence-electron chi connectivity index (χ2n) is 15.8. The summed E-state index contributed by atoms with van der Waals surface area (Å²) in [5, 5.41) is 21.6. The summed E-state index contributed by atoms with van der Waals surface area (Å²) in [5.41, 5.74) is 15.7. The van der Waals surface area contributed by atoms with Crippen LogP contribution in [0.3, 0.4) is 0 Å². The van der Waals surface area contributed by atoms with Crippen LogP contribution in [0.4, 0.5) is 5.69 Å². The maximum Gasteiger partial charge on any atom is 0.252 e. The Balaban J connectivity index is 1.25. The van der Waals surface area contributed by atoms with Gasteiger partial charge in [0, 0.05) is 43.8 Å². The third kappa shape index (κ3) is 3.53. The van der Waals surface area contributed by atoms with E-state index in [0.717, 1.165) is 66.2 Å². The summed E-state index contributed by atoms with van der Waals surface area (Å²) >= 11 is 0. The van der Waals surface area contributed by atoms with Crippen LogP contribution < -0.4 is 16.4 Å². The van der Waals surface area contributed by atoms with Crippen molar-refractivity contribution >= 4 is 116 Å². The van der Waals surface area contributed by atoms with Gasteiger partial charge in [-0.1, -0.05) is 97.1 Å². The molecule has 58 heavy (non-hydrogen) atoms. The number of furan rings is 1. The van der Waals surface area contributed by atoms with Crippen molar-refractivity contribution in [2.75, 3.05) is 0 Å². The standard InChI is InChI=1S/C52H25BN4O/c1-55-32-18-20-42-38(26-32)49-34-12-5-3-10-30(34)23-40-52(49)57(42)44-25-31(35-14-8-16-46-47(35)36-13-6-7-15-45(36)58-46)24-43-50(44)53(40)39-22-29-9-2-4-11-33(29)48-37-21-28(27-54)17-19-41(37)56(43)51(39)48/h2-26H. The van der Waals surface area contributed by atoms with Crippen molar-refractivity contribution in [3.63, 3.8) is 0 Å². The van der Waals surface area contributed by atoms with Crippen LogP contribution in [-0.4, -0.2) is 15.8 Å². The first-order valence-electron chi connectivity index (χ1n) is 19.5. The van der Waals surface area contributed by atoms with Crippen LogP contribution >= 0.6 is 0 Å². The number of rotatable bonds is 1. The van der Waals surface area contributed by atoms with E-state index in [2.05, 4.69) is 147 Å². The van der Waals surface area contributed by atoms with Gasteiger partial charge < -0.3 is 13.6 Å². The van der Waals surface area contributed by atoms with Crippen molar-refractivity contribution in [2.45, 2.75) is 0 Å². The molecule has 0 amide bonds. The van der Waals surface area contributed by atoms with E-state index in [1.54, 1.807) is 0 Å². The van der Waals surface area contributed by atoms with E-state index < -0.39 is 0 Å². The van der Waals surface area contributed by atoms with Crippen molar-refractivity contribution < 1.29 is 4.42 Å². The van der Waals surface area contributed by atoms with Gasteiger partial charge in [-0.05, 0) is 109 Å². The monoisotopic (exact) mass is 732 g/mol. The maximum atomic E-state index is 10.2. The SMILES string of the molecule is [C-]#[N+]c1ccc2c(c1)c1c3ccccc3cc3c1n2-c1cc(-c2cccc4oc5ccccc5c24)cc2c1B3c1cc3ccccc3c3c4cc(C#N)ccc4n-2c13. The van der Waals surface area contributed by atoms with E-state index >= 15 is 0 Å². The fourth-order valence-electron chi connectivity index (χ4n) is 10.9. The fraction of sp³-hybridized carbons (Fsp3) is 0. The highest BCUT2D eigenvalue weighted by molar-refractivity contribution is 7.00. The van der Waals surface area contributed by atoms with Crippen LogP contribution in [0.15, 0.2) is 156 Å². The molecule has 12 aromatic rings. The Labute approximate surface area is 330 Å². The predicted molar refractivity (Wildman–Crippen MR) is 238 cm³/mol. The Morgan fingerprint density at radius 3 is 1.83 bits per heavy atom. The van der Waals surface area contributed by atoms with Crippen LogP contribution in [0.1, 0.15) is 5.56 Å². The van der Waals surface area contributed by atoms with Crippen LogP contribution in [0, 0.1) is 17.9 Å². The molecule has 262 valence electrons. The summed E-state index contributed by atoms with van der Waals surface area (Å²) in [7, 11) is 0. The van der Waals surface area contributed by atoms with Gasteiger partial charge in [0.05, 0.1) is 34.8 Å². The van der Waals surface area contributed by atoms with E-state index in [0.29, 0.717) is 11.3 Å². The number of hydrogen-bond donors (Lipinski definition) is 0. The molecule has 3 aromatic heterocycles. The number of nitrogens with zero attached hydrogens (tertiary/aromatic N) is 4. The summed E-state index contributed by atoms with van der Waals surface area (Å²) in [5.74, 6) is 0. The molecule has 0 bridgehead atoms. The quantitative estimate of drug-likeness (QED) is 0.125. The van der Waals surface area contributed by atoms with Gasteiger partial charge in [0.15, 0.2) is 5.69 Å². The molecule has 0 atom stereocenters. The van der Waals surface area contributed by atoms with Crippen molar-refractivity contribution in [1.82, 2.24) is 9.13 Å². The third-order valence-corrected chi connectivity index (χ3v) is 13.0. The molecule has 0 saturated heterocycles. The Morgan fingerprint density at radius 2 is 1.16 bits per heavy atom. The van der Waals surface area contributed by atoms with Crippen molar-refractivity contribution in [2.24, 2.45) is 0 Å². The Kier molecular flexibility index (Phi) is 5.42. The Morgan fingerprint density at radius 1 is 0.552 bits per heavy atom. The second kappa shape index (κ2) is 10.4. The highest BCUT2D eigenvalue weighted by Gasteiger charge is 2.42. The van der Waals surface area contributed by atoms with Gasteiger partial charge in [-0.3, -0.25) is 0 Å². The zero-order valence-corrected chi connectivity index (χ0v) is 30.7. The molecule has 9 aromatic carbocycles. The first-order chi connectivity index (χ1) is 28.7. The van der Waals surface area contributed by atoms with Gasteiger partial charge in [0.25, 0.3) is 6.71 Å². The Hall–Kier alpha value is -8.06.